The van der Waals surface area contributed by atoms with Crippen molar-refractivity contribution in [1.29, 1.82) is 0 Å². The summed E-state index contributed by atoms with van der Waals surface area (Å²) in [6, 6.07) is 0. The molecular weight excluding hydrogens is 125 g/mol. The van der Waals surface area contributed by atoms with Crippen molar-refractivity contribution in [2.75, 3.05) is 0 Å². The zero-order valence-corrected chi connectivity index (χ0v) is 4.50. The van der Waals surface area contributed by atoms with Crippen LogP contribution in [0.5, 0.6) is 0 Å². The lowest BCUT2D eigenvalue weighted by atomic mass is 10.5. The molecule has 0 spiro atoms. The zero-order chi connectivity index (χ0) is 6.69. The minimum Gasteiger partial charge on any atom is -0.442 e. The molecular formula is C5H4FNO2. The number of hydrogen-bond acceptors (Lipinski definition) is 3. The monoisotopic (exact) mass is 129 g/mol. The minimum atomic E-state index is -0.697. The van der Waals surface area contributed by atoms with Crippen LogP contribution >= 0.6 is 0 Å². The van der Waals surface area contributed by atoms with E-state index in [2.05, 4.69) is 9.40 Å². The van der Waals surface area contributed by atoms with Gasteiger partial charge in [0, 0.05) is 0 Å². The van der Waals surface area contributed by atoms with Gasteiger partial charge in [0.2, 0.25) is 6.29 Å². The van der Waals surface area contributed by atoms with Crippen molar-refractivity contribution in [3.63, 3.8) is 0 Å². The normalized spacial score (nSPS) is 9.44. The van der Waals surface area contributed by atoms with E-state index in [9.17, 15) is 9.18 Å². The summed E-state index contributed by atoms with van der Waals surface area (Å²) < 4.78 is 16.1. The van der Waals surface area contributed by atoms with Gasteiger partial charge in [-0.25, -0.2) is 9.37 Å². The molecule has 0 aliphatic rings. The van der Waals surface area contributed by atoms with Crippen molar-refractivity contribution < 1.29 is 13.6 Å². The van der Waals surface area contributed by atoms with E-state index in [1.54, 1.807) is 0 Å². The summed E-state index contributed by atoms with van der Waals surface area (Å²) in [6.07, 6.45) is 1.54. The summed E-state index contributed by atoms with van der Waals surface area (Å²) in [6.45, 7) is -0.697. The number of halogens is 1. The molecule has 0 N–H and O–H groups in total. The van der Waals surface area contributed by atoms with E-state index in [4.69, 9.17) is 0 Å². The molecule has 0 aliphatic heterocycles. The third kappa shape index (κ3) is 1.13. The highest BCUT2D eigenvalue weighted by atomic mass is 19.1. The summed E-state index contributed by atoms with van der Waals surface area (Å²) in [7, 11) is 0. The van der Waals surface area contributed by atoms with Gasteiger partial charge in [-0.1, -0.05) is 0 Å². The molecule has 1 rings (SSSR count). The van der Waals surface area contributed by atoms with E-state index in [-0.39, 0.29) is 11.6 Å². The number of oxazole rings is 1. The van der Waals surface area contributed by atoms with Crippen LogP contribution in [0.3, 0.4) is 0 Å². The van der Waals surface area contributed by atoms with Crippen LogP contribution in [0.25, 0.3) is 0 Å². The Morgan fingerprint density at radius 3 is 3.00 bits per heavy atom. The molecule has 0 saturated carbocycles. The van der Waals surface area contributed by atoms with Crippen LogP contribution in [-0.4, -0.2) is 11.3 Å². The number of aldehydes is 1. The molecule has 1 aromatic heterocycles. The Balaban J connectivity index is 2.86. The lowest BCUT2D eigenvalue weighted by Crippen LogP contribution is -1.79. The van der Waals surface area contributed by atoms with Gasteiger partial charge in [-0.15, -0.1) is 0 Å². The molecule has 0 aliphatic carbocycles. The molecule has 0 fully saturated rings. The lowest BCUT2D eigenvalue weighted by molar-refractivity contribution is 0.109. The van der Waals surface area contributed by atoms with E-state index in [0.29, 0.717) is 6.29 Å². The molecule has 0 radical (unpaired) electrons. The Hall–Kier alpha value is -1.19. The molecule has 0 bridgehead atoms. The first-order valence-electron chi connectivity index (χ1n) is 2.32. The maximum absolute atomic E-state index is 11.6. The second-order valence-electron chi connectivity index (χ2n) is 1.43. The fraction of sp³-hybridized carbons (Fsp3) is 0.200. The molecule has 0 atom stereocenters. The summed E-state index contributed by atoms with van der Waals surface area (Å²) in [5.74, 6) is -0.0809. The van der Waals surface area contributed by atoms with Crippen molar-refractivity contribution in [3.8, 4) is 0 Å². The van der Waals surface area contributed by atoms with Gasteiger partial charge in [-0.05, 0) is 0 Å². The summed E-state index contributed by atoms with van der Waals surface area (Å²) in [5.41, 5.74) is 0.150. The van der Waals surface area contributed by atoms with Gasteiger partial charge < -0.3 is 4.42 Å². The lowest BCUT2D eigenvalue weighted by Gasteiger charge is -1.73. The summed E-state index contributed by atoms with van der Waals surface area (Å²) in [4.78, 5) is 13.3. The Bertz CT molecular complexity index is 208. The van der Waals surface area contributed by atoms with Crippen LogP contribution in [0, 0.1) is 0 Å². The minimum absolute atomic E-state index is 0.0809. The smallest absolute Gasteiger partial charge is 0.260 e. The second kappa shape index (κ2) is 2.39. The molecule has 0 amide bonds. The number of alkyl halides is 1. The van der Waals surface area contributed by atoms with Gasteiger partial charge in [-0.3, -0.25) is 4.79 Å². The van der Waals surface area contributed by atoms with E-state index in [1.807, 2.05) is 0 Å². The third-order valence-electron chi connectivity index (χ3n) is 0.807. The Kier molecular flexibility index (Phi) is 1.58. The van der Waals surface area contributed by atoms with Gasteiger partial charge in [0.25, 0.3) is 5.89 Å². The van der Waals surface area contributed by atoms with Gasteiger partial charge in [0.15, 0.2) is 0 Å². The number of aromatic nitrogens is 1. The summed E-state index contributed by atoms with van der Waals surface area (Å²) in [5, 5.41) is 0. The first-order valence-corrected chi connectivity index (χ1v) is 2.32. The first-order chi connectivity index (χ1) is 4.36. The first kappa shape index (κ1) is 5.94. The van der Waals surface area contributed by atoms with Crippen LogP contribution in [-0.2, 0) is 6.67 Å². The fourth-order valence-electron chi connectivity index (χ4n) is 0.438. The SMILES string of the molecule is O=Cc1nc(CF)co1. The van der Waals surface area contributed by atoms with E-state index in [0.717, 1.165) is 6.26 Å². The van der Waals surface area contributed by atoms with Crippen LogP contribution in [0.2, 0.25) is 0 Å². The number of rotatable bonds is 2. The Morgan fingerprint density at radius 2 is 2.67 bits per heavy atom. The quantitative estimate of drug-likeness (QED) is 0.558. The van der Waals surface area contributed by atoms with Crippen LogP contribution in [0.15, 0.2) is 10.7 Å². The topological polar surface area (TPSA) is 43.1 Å². The average molecular weight is 129 g/mol. The number of carbonyl (C=O) groups excluding carboxylic acids is 1. The fourth-order valence-corrected chi connectivity index (χ4v) is 0.438. The van der Waals surface area contributed by atoms with E-state index >= 15 is 0 Å². The van der Waals surface area contributed by atoms with Crippen molar-refractivity contribution in [1.82, 2.24) is 4.98 Å². The molecule has 1 aromatic rings. The second-order valence-corrected chi connectivity index (χ2v) is 1.43. The van der Waals surface area contributed by atoms with E-state index < -0.39 is 6.67 Å². The molecule has 0 unspecified atom stereocenters. The number of nitrogens with zero attached hydrogens (tertiary/aromatic N) is 1. The summed E-state index contributed by atoms with van der Waals surface area (Å²) >= 11 is 0. The van der Waals surface area contributed by atoms with Gasteiger partial charge >= 0.3 is 0 Å². The maximum Gasteiger partial charge on any atom is 0.260 e. The van der Waals surface area contributed by atoms with Gasteiger partial charge in [-0.2, -0.15) is 0 Å². The van der Waals surface area contributed by atoms with Crippen LogP contribution in [0.4, 0.5) is 4.39 Å². The molecule has 0 aromatic carbocycles. The Labute approximate surface area is 50.5 Å². The predicted octanol–water partition coefficient (Wildman–Crippen LogP) is 0.957. The standard InChI is InChI=1S/C5H4FNO2/c6-1-4-3-9-5(2-8)7-4/h2-3H,1H2. The molecule has 4 heteroatoms. The van der Waals surface area contributed by atoms with Crippen molar-refractivity contribution in [2.24, 2.45) is 0 Å². The van der Waals surface area contributed by atoms with Crippen molar-refractivity contribution in [2.45, 2.75) is 6.67 Å². The maximum atomic E-state index is 11.6. The zero-order valence-electron chi connectivity index (χ0n) is 4.50. The van der Waals surface area contributed by atoms with Crippen LogP contribution in [0.1, 0.15) is 16.4 Å². The predicted molar refractivity (Wildman–Crippen MR) is 26.7 cm³/mol. The number of hydrogen-bond donors (Lipinski definition) is 0. The third-order valence-corrected chi connectivity index (χ3v) is 0.807. The Morgan fingerprint density at radius 1 is 1.89 bits per heavy atom. The highest BCUT2D eigenvalue weighted by molar-refractivity contribution is 5.67. The van der Waals surface area contributed by atoms with Gasteiger partial charge in [0.05, 0.1) is 0 Å². The van der Waals surface area contributed by atoms with E-state index in [1.165, 1.54) is 0 Å². The van der Waals surface area contributed by atoms with Gasteiger partial charge in [0.1, 0.15) is 18.6 Å². The molecule has 48 valence electrons. The molecule has 3 nitrogen and oxygen atoms in total. The molecule has 9 heavy (non-hydrogen) atoms. The molecule has 1 heterocycles. The van der Waals surface area contributed by atoms with Crippen molar-refractivity contribution in [3.05, 3.63) is 17.8 Å². The number of carbonyl (C=O) groups is 1. The van der Waals surface area contributed by atoms with Crippen molar-refractivity contribution >= 4 is 6.29 Å². The largest absolute Gasteiger partial charge is 0.442 e. The highest BCUT2D eigenvalue weighted by Crippen LogP contribution is 1.99. The molecule has 0 saturated heterocycles. The average Bonchev–Trinajstić information content (AvgIpc) is 2.34. The highest BCUT2D eigenvalue weighted by Gasteiger charge is 1.99. The van der Waals surface area contributed by atoms with Crippen LogP contribution < -0.4 is 0 Å².